The zero-order chi connectivity index (χ0) is 25.9. The fourth-order valence-corrected chi connectivity index (χ4v) is 6.20. The molecular weight excluding hydrogens is 480 g/mol. The van der Waals surface area contributed by atoms with Crippen molar-refractivity contribution in [2.45, 2.75) is 33.2 Å². The van der Waals surface area contributed by atoms with Gasteiger partial charge in [-0.25, -0.2) is 4.99 Å². The van der Waals surface area contributed by atoms with Crippen molar-refractivity contribution in [3.63, 3.8) is 0 Å². The lowest BCUT2D eigenvalue weighted by Gasteiger charge is -2.41. The number of carbonyl (C=O) groups excluding carboxylic acids is 2. The molecule has 0 saturated carbocycles. The summed E-state index contributed by atoms with van der Waals surface area (Å²) < 4.78 is 0. The molecule has 7 heteroatoms. The number of allylic oxidation sites excluding steroid dienone is 1. The third-order valence-corrected chi connectivity index (χ3v) is 8.11. The van der Waals surface area contributed by atoms with E-state index >= 15 is 0 Å². The molecule has 0 aliphatic carbocycles. The average Bonchev–Trinajstić information content (AvgIpc) is 2.92. The summed E-state index contributed by atoms with van der Waals surface area (Å²) in [6, 6.07) is 21.3. The van der Waals surface area contributed by atoms with Crippen LogP contribution < -0.4 is 5.32 Å². The second-order valence-electron chi connectivity index (χ2n) is 9.28. The van der Waals surface area contributed by atoms with Gasteiger partial charge in [0.05, 0.1) is 17.3 Å². The normalized spacial score (nSPS) is 17.3. The number of hydrogen-bond acceptors (Lipinski definition) is 5. The first-order valence-corrected chi connectivity index (χ1v) is 13.9. The van der Waals surface area contributed by atoms with Crippen LogP contribution in [0.2, 0.25) is 0 Å². The van der Waals surface area contributed by atoms with Gasteiger partial charge in [0.25, 0.3) is 11.8 Å². The van der Waals surface area contributed by atoms with E-state index in [-0.39, 0.29) is 17.9 Å². The Kier molecular flexibility index (Phi) is 7.33. The monoisotopic (exact) mass is 512 g/mol. The molecule has 1 unspecified atom stereocenters. The molecule has 37 heavy (non-hydrogen) atoms. The Bertz CT molecular complexity index is 1400. The number of amides is 2. The van der Waals surface area contributed by atoms with Crippen molar-refractivity contribution in [3.8, 4) is 0 Å². The standard InChI is InChI=1S/C30H32N4O2S/c1-4-33(5-2)29(36)26-20(3)31-30-34(17-10-18-37-30)27(26)22-13-8-14-23(19-22)32-28(35)25-16-9-12-21-11-6-7-15-24(21)25/h6-9,11-16,19,27H,4-5,10,17-18H2,1-3H3,(H,32,35). The topological polar surface area (TPSA) is 65.0 Å². The highest BCUT2D eigenvalue weighted by Gasteiger charge is 2.38. The van der Waals surface area contributed by atoms with E-state index in [1.165, 1.54) is 0 Å². The van der Waals surface area contributed by atoms with Gasteiger partial charge in [0.2, 0.25) is 0 Å². The number of likely N-dealkylation sites (N-methyl/N-ethyl adjacent to an activating group) is 1. The first kappa shape index (κ1) is 25.1. The van der Waals surface area contributed by atoms with E-state index in [0.717, 1.165) is 45.9 Å². The second-order valence-corrected chi connectivity index (χ2v) is 10.3. The third kappa shape index (κ3) is 4.88. The molecule has 3 aromatic rings. The summed E-state index contributed by atoms with van der Waals surface area (Å²) in [5.74, 6) is 0.895. The average molecular weight is 513 g/mol. The summed E-state index contributed by atoms with van der Waals surface area (Å²) in [5, 5.41) is 6.01. The highest BCUT2D eigenvalue weighted by Crippen LogP contribution is 2.40. The van der Waals surface area contributed by atoms with Gasteiger partial charge in [0, 0.05) is 36.6 Å². The molecule has 1 fully saturated rings. The number of fused-ring (bicyclic) bond motifs is 2. The lowest BCUT2D eigenvalue weighted by molar-refractivity contribution is -0.127. The summed E-state index contributed by atoms with van der Waals surface area (Å²) in [4.78, 5) is 36.0. The van der Waals surface area contributed by atoms with E-state index in [4.69, 9.17) is 4.99 Å². The quantitative estimate of drug-likeness (QED) is 0.434. The van der Waals surface area contributed by atoms with Gasteiger partial charge in [-0.3, -0.25) is 9.59 Å². The van der Waals surface area contributed by atoms with Gasteiger partial charge in [0.1, 0.15) is 0 Å². The minimum absolute atomic E-state index is 0.0241. The lowest BCUT2D eigenvalue weighted by atomic mass is 9.92. The minimum Gasteiger partial charge on any atom is -0.340 e. The Labute approximate surface area is 222 Å². The van der Waals surface area contributed by atoms with Gasteiger partial charge in [-0.2, -0.15) is 0 Å². The van der Waals surface area contributed by atoms with E-state index in [1.54, 1.807) is 11.8 Å². The van der Waals surface area contributed by atoms with Gasteiger partial charge in [-0.1, -0.05) is 60.3 Å². The van der Waals surface area contributed by atoms with E-state index in [2.05, 4.69) is 10.2 Å². The van der Waals surface area contributed by atoms with Crippen LogP contribution in [0.5, 0.6) is 0 Å². The SMILES string of the molecule is CCN(CC)C(=O)C1=C(C)N=C2SCCCN2C1c1cccc(NC(=O)c2cccc3ccccc23)c1. The van der Waals surface area contributed by atoms with E-state index < -0.39 is 0 Å². The largest absolute Gasteiger partial charge is 0.340 e. The highest BCUT2D eigenvalue weighted by atomic mass is 32.2. The molecule has 0 bridgehead atoms. The van der Waals surface area contributed by atoms with Crippen molar-refractivity contribution in [3.05, 3.63) is 89.1 Å². The van der Waals surface area contributed by atoms with E-state index in [9.17, 15) is 9.59 Å². The molecule has 1 atom stereocenters. The summed E-state index contributed by atoms with van der Waals surface area (Å²) >= 11 is 1.74. The molecule has 2 aliphatic heterocycles. The maximum atomic E-state index is 13.7. The maximum Gasteiger partial charge on any atom is 0.256 e. The molecule has 0 spiro atoms. The van der Waals surface area contributed by atoms with Gasteiger partial charge in [0.15, 0.2) is 5.17 Å². The maximum absolute atomic E-state index is 13.7. The van der Waals surface area contributed by atoms with Crippen molar-refractivity contribution >= 4 is 45.2 Å². The molecule has 2 heterocycles. The minimum atomic E-state index is -0.247. The molecule has 0 aromatic heterocycles. The van der Waals surface area contributed by atoms with Crippen molar-refractivity contribution < 1.29 is 9.59 Å². The van der Waals surface area contributed by atoms with Crippen LogP contribution in [0.1, 0.15) is 49.2 Å². The number of thioether (sulfide) groups is 1. The Balaban J connectivity index is 1.51. The van der Waals surface area contributed by atoms with Crippen molar-refractivity contribution in [1.82, 2.24) is 9.80 Å². The number of nitrogens with one attached hydrogen (secondary N) is 1. The van der Waals surface area contributed by atoms with Crippen molar-refractivity contribution in [2.75, 3.05) is 30.7 Å². The van der Waals surface area contributed by atoms with Gasteiger partial charge >= 0.3 is 0 Å². The van der Waals surface area contributed by atoms with Crippen LogP contribution in [0.15, 0.2) is 83.0 Å². The van der Waals surface area contributed by atoms with Crippen molar-refractivity contribution in [2.24, 2.45) is 4.99 Å². The fraction of sp³-hybridized carbons (Fsp3) is 0.300. The van der Waals surface area contributed by atoms with Crippen molar-refractivity contribution in [1.29, 1.82) is 0 Å². The zero-order valence-electron chi connectivity index (χ0n) is 21.5. The number of benzene rings is 3. The molecule has 190 valence electrons. The second kappa shape index (κ2) is 10.8. The Morgan fingerprint density at radius 1 is 1.05 bits per heavy atom. The number of nitrogens with zero attached hydrogens (tertiary/aromatic N) is 3. The summed E-state index contributed by atoms with van der Waals surface area (Å²) in [7, 11) is 0. The van der Waals surface area contributed by atoms with E-state index in [0.29, 0.717) is 29.9 Å². The lowest BCUT2D eigenvalue weighted by Crippen LogP contribution is -2.45. The van der Waals surface area contributed by atoms with Crippen LogP contribution in [0.4, 0.5) is 5.69 Å². The molecule has 6 nitrogen and oxygen atoms in total. The summed E-state index contributed by atoms with van der Waals surface area (Å²) in [6.45, 7) is 8.07. The van der Waals surface area contributed by atoms with Crippen LogP contribution in [-0.2, 0) is 4.79 Å². The predicted molar refractivity (Wildman–Crippen MR) is 153 cm³/mol. The van der Waals surface area contributed by atoms with Gasteiger partial charge in [-0.05, 0) is 61.7 Å². The molecule has 3 aromatic carbocycles. The Morgan fingerprint density at radius 3 is 2.62 bits per heavy atom. The smallest absolute Gasteiger partial charge is 0.256 e. The summed E-state index contributed by atoms with van der Waals surface area (Å²) in [5.41, 5.74) is 3.80. The molecular formula is C30H32N4O2S. The molecule has 1 saturated heterocycles. The van der Waals surface area contributed by atoms with Crippen LogP contribution in [0.25, 0.3) is 10.8 Å². The number of carbonyl (C=O) groups is 2. The van der Waals surface area contributed by atoms with Gasteiger partial charge in [-0.15, -0.1) is 0 Å². The highest BCUT2D eigenvalue weighted by molar-refractivity contribution is 8.13. The number of aliphatic imine (C=N–C) groups is 1. The zero-order valence-corrected chi connectivity index (χ0v) is 22.3. The fourth-order valence-electron chi connectivity index (χ4n) is 5.18. The molecule has 0 radical (unpaired) electrons. The first-order valence-electron chi connectivity index (χ1n) is 12.9. The first-order chi connectivity index (χ1) is 18.0. The summed E-state index contributed by atoms with van der Waals surface area (Å²) in [6.07, 6.45) is 1.03. The van der Waals surface area contributed by atoms with Crippen LogP contribution in [0, 0.1) is 0 Å². The predicted octanol–water partition coefficient (Wildman–Crippen LogP) is 6.08. The Morgan fingerprint density at radius 2 is 1.81 bits per heavy atom. The number of anilines is 1. The van der Waals surface area contributed by atoms with E-state index in [1.807, 2.05) is 92.4 Å². The van der Waals surface area contributed by atoms with Gasteiger partial charge < -0.3 is 15.1 Å². The Hall–Kier alpha value is -3.58. The molecule has 1 N–H and O–H groups in total. The van der Waals surface area contributed by atoms with Crippen LogP contribution >= 0.6 is 11.8 Å². The number of amidine groups is 1. The number of hydrogen-bond donors (Lipinski definition) is 1. The number of rotatable bonds is 6. The van der Waals surface area contributed by atoms with Crippen LogP contribution in [0.3, 0.4) is 0 Å². The molecule has 5 rings (SSSR count). The molecule has 2 aliphatic rings. The third-order valence-electron chi connectivity index (χ3n) is 7.03. The molecule has 2 amide bonds. The van der Waals surface area contributed by atoms with Crippen LogP contribution in [-0.4, -0.2) is 52.2 Å².